The van der Waals surface area contributed by atoms with Gasteiger partial charge in [-0.05, 0) is 67.1 Å². The van der Waals surface area contributed by atoms with Crippen molar-refractivity contribution in [3.05, 3.63) is 12.7 Å². The van der Waals surface area contributed by atoms with Crippen LogP contribution in [0.1, 0.15) is 106 Å². The first-order chi connectivity index (χ1) is 23.0. The van der Waals surface area contributed by atoms with Gasteiger partial charge >= 0.3 is 6.09 Å². The summed E-state index contributed by atoms with van der Waals surface area (Å²) in [6.07, 6.45) is 8.98. The molecule has 12 heteroatoms. The first-order valence-electron chi connectivity index (χ1n) is 18.2. The Kier molecular flexibility index (Phi) is 14.3. The lowest BCUT2D eigenvalue weighted by Gasteiger charge is -2.41. The van der Waals surface area contributed by atoms with Gasteiger partial charge < -0.3 is 30.9 Å². The van der Waals surface area contributed by atoms with Crippen molar-refractivity contribution in [3.8, 4) is 0 Å². The lowest BCUT2D eigenvalue weighted by molar-refractivity contribution is -0.140. The van der Waals surface area contributed by atoms with Crippen molar-refractivity contribution in [2.24, 2.45) is 34.5 Å². The molecule has 3 aliphatic rings. The molecule has 5 amide bonds. The third-order valence-corrected chi connectivity index (χ3v) is 10.8. The zero-order chi connectivity index (χ0) is 36.5. The lowest BCUT2D eigenvalue weighted by atomic mass is 9.70. The summed E-state index contributed by atoms with van der Waals surface area (Å²) < 4.78 is 5.12. The molecule has 0 bridgehead atoms. The number of alkyl carbamates (subject to hydrolysis) is 1. The van der Waals surface area contributed by atoms with Crippen molar-refractivity contribution in [1.29, 1.82) is 0 Å². The van der Waals surface area contributed by atoms with Gasteiger partial charge in [0, 0.05) is 26.6 Å². The summed E-state index contributed by atoms with van der Waals surface area (Å²) in [5.41, 5.74) is -1.10. The number of nitrogens with one attached hydrogen (secondary N) is 4. The van der Waals surface area contributed by atoms with Crippen LogP contribution in [0.15, 0.2) is 12.7 Å². The molecule has 49 heavy (non-hydrogen) atoms. The fourth-order valence-electron chi connectivity index (χ4n) is 7.23. The molecule has 276 valence electrons. The van der Waals surface area contributed by atoms with Crippen LogP contribution in [0.3, 0.4) is 0 Å². The standard InChI is InChI=1S/C37H61N5O7/c1-9-20-38-32(45)29(44)27(17-16-24-14-15-24)39-28(43)21-25-23(3)26(25)22-42(8)34(47)31(36(4,5)6)40-33(46)30(41-35(48)49-10-2)37(7)18-12-11-13-19-37/h9,23-27,30-31H,1,10-22H2,2-8H3,(H,38,45)(H,39,43)(H,40,46)(H,41,48)/t23-,25-,26?,27?,30+,31+/m0/s1. The third-order valence-electron chi connectivity index (χ3n) is 10.8. The molecule has 0 radical (unpaired) electrons. The molecule has 2 unspecified atom stereocenters. The van der Waals surface area contributed by atoms with Crippen molar-refractivity contribution < 1.29 is 33.5 Å². The Morgan fingerprint density at radius 2 is 1.65 bits per heavy atom. The largest absolute Gasteiger partial charge is 0.450 e. The Bertz CT molecular complexity index is 1220. The molecule has 0 aliphatic heterocycles. The van der Waals surface area contributed by atoms with Gasteiger partial charge in [0.05, 0.1) is 12.6 Å². The second-order valence-corrected chi connectivity index (χ2v) is 15.9. The van der Waals surface area contributed by atoms with Gasteiger partial charge in [-0.3, -0.25) is 24.0 Å². The van der Waals surface area contributed by atoms with Gasteiger partial charge in [-0.15, -0.1) is 6.58 Å². The van der Waals surface area contributed by atoms with Crippen LogP contribution in [0.2, 0.25) is 0 Å². The highest BCUT2D eigenvalue weighted by Gasteiger charge is 2.50. The van der Waals surface area contributed by atoms with Gasteiger partial charge in [-0.25, -0.2) is 4.79 Å². The number of amides is 5. The molecule has 12 nitrogen and oxygen atoms in total. The van der Waals surface area contributed by atoms with E-state index in [-0.39, 0.29) is 49.1 Å². The first-order valence-corrected chi connectivity index (χ1v) is 18.2. The Hall–Kier alpha value is -3.44. The quantitative estimate of drug-likeness (QED) is 0.126. The fraction of sp³-hybridized carbons (Fsp3) is 0.784. The van der Waals surface area contributed by atoms with Crippen LogP contribution in [-0.2, 0) is 28.7 Å². The molecular formula is C37H61N5O7. The van der Waals surface area contributed by atoms with Crippen molar-refractivity contribution in [3.63, 3.8) is 0 Å². The summed E-state index contributed by atoms with van der Waals surface area (Å²) >= 11 is 0. The summed E-state index contributed by atoms with van der Waals surface area (Å²) in [6, 6.07) is -2.58. The van der Waals surface area contributed by atoms with E-state index in [1.165, 1.54) is 6.08 Å². The van der Waals surface area contributed by atoms with E-state index in [4.69, 9.17) is 4.74 Å². The smallest absolute Gasteiger partial charge is 0.407 e. The highest BCUT2D eigenvalue weighted by molar-refractivity contribution is 6.38. The molecule has 6 atom stereocenters. The molecule has 0 aromatic heterocycles. The maximum absolute atomic E-state index is 14.0. The zero-order valence-corrected chi connectivity index (χ0v) is 30.8. The maximum Gasteiger partial charge on any atom is 0.407 e. The molecular weight excluding hydrogens is 626 g/mol. The summed E-state index contributed by atoms with van der Waals surface area (Å²) in [5, 5.41) is 11.1. The van der Waals surface area contributed by atoms with E-state index in [1.807, 2.05) is 34.6 Å². The minimum atomic E-state index is -0.871. The molecule has 3 aliphatic carbocycles. The monoisotopic (exact) mass is 687 g/mol. The number of rotatable bonds is 18. The van der Waals surface area contributed by atoms with E-state index in [0.717, 1.165) is 51.4 Å². The average molecular weight is 688 g/mol. The molecule has 0 spiro atoms. The van der Waals surface area contributed by atoms with E-state index in [9.17, 15) is 28.8 Å². The second kappa shape index (κ2) is 17.5. The predicted molar refractivity (Wildman–Crippen MR) is 187 cm³/mol. The van der Waals surface area contributed by atoms with E-state index >= 15 is 0 Å². The van der Waals surface area contributed by atoms with Crippen LogP contribution in [-0.4, -0.2) is 85.3 Å². The number of hydrogen-bond donors (Lipinski definition) is 4. The maximum atomic E-state index is 14.0. The van der Waals surface area contributed by atoms with Gasteiger partial charge in [-0.2, -0.15) is 0 Å². The Labute approximate surface area is 292 Å². The number of ether oxygens (including phenoxy) is 1. The molecule has 0 saturated heterocycles. The van der Waals surface area contributed by atoms with E-state index < -0.39 is 52.6 Å². The minimum Gasteiger partial charge on any atom is -0.450 e. The molecule has 0 aromatic rings. The summed E-state index contributed by atoms with van der Waals surface area (Å²) in [6.45, 7) is 15.7. The molecule has 3 rings (SSSR count). The van der Waals surface area contributed by atoms with E-state index in [1.54, 1.807) is 18.9 Å². The molecule has 3 saturated carbocycles. The number of ketones is 1. The third kappa shape index (κ3) is 11.6. The van der Waals surface area contributed by atoms with Crippen molar-refractivity contribution in [1.82, 2.24) is 26.2 Å². The van der Waals surface area contributed by atoms with Crippen LogP contribution in [0.4, 0.5) is 4.79 Å². The van der Waals surface area contributed by atoms with Gasteiger partial charge in [0.15, 0.2) is 0 Å². The van der Waals surface area contributed by atoms with Gasteiger partial charge in [-0.1, -0.05) is 72.8 Å². The number of Topliss-reactive ketones (excluding diaryl/α,β-unsaturated/α-hetero) is 1. The number of likely N-dealkylation sites (N-methyl/N-ethyl adjacent to an activating group) is 1. The predicted octanol–water partition coefficient (Wildman–Crippen LogP) is 3.88. The van der Waals surface area contributed by atoms with Crippen LogP contribution in [0.5, 0.6) is 0 Å². The fourth-order valence-corrected chi connectivity index (χ4v) is 7.23. The van der Waals surface area contributed by atoms with Crippen LogP contribution < -0.4 is 21.3 Å². The van der Waals surface area contributed by atoms with Crippen molar-refractivity contribution >= 4 is 35.5 Å². The summed E-state index contributed by atoms with van der Waals surface area (Å²) in [5.74, 6) is -1.52. The normalized spacial score (nSPS) is 23.1. The van der Waals surface area contributed by atoms with Crippen molar-refractivity contribution in [2.75, 3.05) is 26.7 Å². The SMILES string of the molecule is C=CCNC(=O)C(=O)C(CCC1CC1)NC(=O)C[C@@H]1C(CN(C)C(=O)[C@@H](NC(=O)[C@@H](NC(=O)OCC)C2(C)CCCCC2)C(C)(C)C)[C@H]1C. The van der Waals surface area contributed by atoms with E-state index in [0.29, 0.717) is 18.9 Å². The Balaban J connectivity index is 1.63. The minimum absolute atomic E-state index is 0.0103. The van der Waals surface area contributed by atoms with Crippen LogP contribution in [0.25, 0.3) is 0 Å². The highest BCUT2D eigenvalue weighted by atomic mass is 16.5. The highest BCUT2D eigenvalue weighted by Crippen LogP contribution is 2.48. The van der Waals surface area contributed by atoms with Gasteiger partial charge in [0.25, 0.3) is 5.91 Å². The van der Waals surface area contributed by atoms with Gasteiger partial charge in [0.1, 0.15) is 12.1 Å². The zero-order valence-electron chi connectivity index (χ0n) is 30.8. The first kappa shape index (κ1) is 40.0. The van der Waals surface area contributed by atoms with Gasteiger partial charge in [0.2, 0.25) is 23.5 Å². The summed E-state index contributed by atoms with van der Waals surface area (Å²) in [4.78, 5) is 80.3. The lowest BCUT2D eigenvalue weighted by Crippen LogP contribution is -2.62. The molecule has 0 aromatic carbocycles. The van der Waals surface area contributed by atoms with Crippen LogP contribution in [0, 0.1) is 34.5 Å². The van der Waals surface area contributed by atoms with E-state index in [2.05, 4.69) is 27.8 Å². The molecule has 4 N–H and O–H groups in total. The number of carbonyl (C=O) groups is 6. The molecule has 3 fully saturated rings. The Morgan fingerprint density at radius 1 is 1.00 bits per heavy atom. The van der Waals surface area contributed by atoms with Crippen molar-refractivity contribution in [2.45, 2.75) is 124 Å². The Morgan fingerprint density at radius 3 is 2.22 bits per heavy atom. The molecule has 0 heterocycles. The number of nitrogens with zero attached hydrogens (tertiary/aromatic N) is 1. The number of carbonyl (C=O) groups excluding carboxylic acids is 6. The average Bonchev–Trinajstić information content (AvgIpc) is 3.97. The summed E-state index contributed by atoms with van der Waals surface area (Å²) in [7, 11) is 1.71. The second-order valence-electron chi connectivity index (χ2n) is 15.9. The van der Waals surface area contributed by atoms with Crippen LogP contribution >= 0.6 is 0 Å². The number of hydrogen-bond acceptors (Lipinski definition) is 7. The topological polar surface area (TPSA) is 163 Å².